The molecule has 4 nitrogen and oxygen atoms in total. The normalized spacial score (nSPS) is 10.3. The summed E-state index contributed by atoms with van der Waals surface area (Å²) in [4.78, 5) is 4.12. The van der Waals surface area contributed by atoms with Gasteiger partial charge in [-0.2, -0.15) is 4.98 Å². The van der Waals surface area contributed by atoms with E-state index in [0.717, 1.165) is 6.42 Å². The van der Waals surface area contributed by atoms with Gasteiger partial charge in [-0.15, -0.1) is 12.3 Å². The molecule has 0 spiro atoms. The molecule has 0 bridgehead atoms. The summed E-state index contributed by atoms with van der Waals surface area (Å²) in [6.07, 6.45) is 6.57. The molecule has 104 valence electrons. The SMILES string of the molecule is C#CCCCOc1c(Cl)cc(-c2noc(C)n2)cc1Cl. The van der Waals surface area contributed by atoms with Crippen molar-refractivity contribution in [2.24, 2.45) is 0 Å². The number of hydrogen-bond acceptors (Lipinski definition) is 4. The molecule has 0 saturated carbocycles. The van der Waals surface area contributed by atoms with Crippen LogP contribution < -0.4 is 4.74 Å². The van der Waals surface area contributed by atoms with Gasteiger partial charge in [0.05, 0.1) is 16.7 Å². The molecule has 0 saturated heterocycles. The molecular formula is C14H12Cl2N2O2. The lowest BCUT2D eigenvalue weighted by Gasteiger charge is -2.10. The van der Waals surface area contributed by atoms with Gasteiger partial charge in [-0.25, -0.2) is 0 Å². The fraction of sp³-hybridized carbons (Fsp3) is 0.286. The van der Waals surface area contributed by atoms with Crippen LogP contribution in [0.1, 0.15) is 18.7 Å². The molecule has 2 aromatic rings. The van der Waals surface area contributed by atoms with Gasteiger partial charge in [0.25, 0.3) is 0 Å². The van der Waals surface area contributed by atoms with E-state index in [4.69, 9.17) is 38.9 Å². The number of halogens is 2. The Morgan fingerprint density at radius 3 is 2.60 bits per heavy atom. The monoisotopic (exact) mass is 310 g/mol. The number of aryl methyl sites for hydroxylation is 1. The standard InChI is InChI=1S/C14H12Cl2N2O2/c1-3-4-5-6-19-13-11(15)7-10(8-12(13)16)14-17-9(2)20-18-14/h1,7-8H,4-6H2,2H3. The molecule has 0 unspecified atom stereocenters. The number of aromatic nitrogens is 2. The lowest BCUT2D eigenvalue weighted by molar-refractivity contribution is 0.313. The van der Waals surface area contributed by atoms with Crippen LogP contribution in [0.4, 0.5) is 0 Å². The van der Waals surface area contributed by atoms with Gasteiger partial charge >= 0.3 is 0 Å². The van der Waals surface area contributed by atoms with Crippen LogP contribution >= 0.6 is 23.2 Å². The van der Waals surface area contributed by atoms with Crippen LogP contribution in [0.3, 0.4) is 0 Å². The largest absolute Gasteiger partial charge is 0.490 e. The van der Waals surface area contributed by atoms with Gasteiger partial charge in [-0.3, -0.25) is 0 Å². The second-order valence-electron chi connectivity index (χ2n) is 4.06. The molecular weight excluding hydrogens is 299 g/mol. The maximum Gasteiger partial charge on any atom is 0.223 e. The Bertz CT molecular complexity index is 624. The molecule has 0 fully saturated rings. The molecule has 0 aliphatic carbocycles. The molecule has 0 aliphatic rings. The smallest absolute Gasteiger partial charge is 0.223 e. The molecule has 0 aliphatic heterocycles. The molecule has 1 aromatic heterocycles. The molecule has 0 radical (unpaired) electrons. The Balaban J connectivity index is 2.18. The van der Waals surface area contributed by atoms with Crippen molar-refractivity contribution < 1.29 is 9.26 Å². The number of ether oxygens (including phenoxy) is 1. The summed E-state index contributed by atoms with van der Waals surface area (Å²) in [5.41, 5.74) is 0.674. The molecule has 0 N–H and O–H groups in total. The molecule has 1 heterocycles. The summed E-state index contributed by atoms with van der Waals surface area (Å²) >= 11 is 12.3. The number of benzene rings is 1. The minimum absolute atomic E-state index is 0.399. The van der Waals surface area contributed by atoms with Crippen molar-refractivity contribution >= 4 is 23.2 Å². The zero-order valence-electron chi connectivity index (χ0n) is 10.8. The third-order valence-electron chi connectivity index (χ3n) is 2.50. The van der Waals surface area contributed by atoms with Crippen molar-refractivity contribution in [2.75, 3.05) is 6.61 Å². The maximum atomic E-state index is 6.17. The maximum absolute atomic E-state index is 6.17. The van der Waals surface area contributed by atoms with Gasteiger partial charge < -0.3 is 9.26 Å². The Labute approximate surface area is 127 Å². The van der Waals surface area contributed by atoms with E-state index < -0.39 is 0 Å². The summed E-state index contributed by atoms with van der Waals surface area (Å²) in [6.45, 7) is 2.17. The van der Waals surface area contributed by atoms with Crippen LogP contribution in [0.25, 0.3) is 11.4 Å². The molecule has 6 heteroatoms. The topological polar surface area (TPSA) is 48.2 Å². The van der Waals surface area contributed by atoms with Gasteiger partial charge in [0.1, 0.15) is 0 Å². The molecule has 0 atom stereocenters. The second-order valence-corrected chi connectivity index (χ2v) is 4.88. The van der Waals surface area contributed by atoms with E-state index >= 15 is 0 Å². The predicted molar refractivity (Wildman–Crippen MR) is 78.1 cm³/mol. The number of rotatable bonds is 5. The summed E-state index contributed by atoms with van der Waals surface area (Å²) in [6, 6.07) is 3.38. The Morgan fingerprint density at radius 1 is 1.35 bits per heavy atom. The summed E-state index contributed by atoms with van der Waals surface area (Å²) < 4.78 is 10.5. The third-order valence-corrected chi connectivity index (χ3v) is 3.06. The number of terminal acetylenes is 1. The van der Waals surface area contributed by atoms with Crippen LogP contribution in [-0.2, 0) is 0 Å². The molecule has 20 heavy (non-hydrogen) atoms. The van der Waals surface area contributed by atoms with E-state index in [1.807, 2.05) is 0 Å². The van der Waals surface area contributed by atoms with E-state index in [2.05, 4.69) is 16.1 Å². The van der Waals surface area contributed by atoms with Crippen molar-refractivity contribution in [3.05, 3.63) is 28.1 Å². The van der Waals surface area contributed by atoms with Crippen LogP contribution in [0.5, 0.6) is 5.75 Å². The van der Waals surface area contributed by atoms with Gasteiger partial charge in [0.2, 0.25) is 11.7 Å². The summed E-state index contributed by atoms with van der Waals surface area (Å²) in [5.74, 6) is 3.89. The predicted octanol–water partition coefficient (Wildman–Crippen LogP) is 4.14. The first-order chi connectivity index (χ1) is 9.61. The fourth-order valence-electron chi connectivity index (χ4n) is 1.59. The van der Waals surface area contributed by atoms with Crippen molar-refractivity contribution in [2.45, 2.75) is 19.8 Å². The molecule has 0 amide bonds. The summed E-state index contributed by atoms with van der Waals surface area (Å²) in [5, 5.41) is 4.62. The highest BCUT2D eigenvalue weighted by Gasteiger charge is 2.13. The van der Waals surface area contributed by atoms with E-state index in [1.54, 1.807) is 19.1 Å². The number of hydrogen-bond donors (Lipinski definition) is 0. The van der Waals surface area contributed by atoms with Crippen LogP contribution in [0.15, 0.2) is 16.7 Å². The van der Waals surface area contributed by atoms with Crippen LogP contribution in [-0.4, -0.2) is 16.7 Å². The number of unbranched alkanes of at least 4 members (excludes halogenated alkanes) is 1. The lowest BCUT2D eigenvalue weighted by Crippen LogP contribution is -1.98. The van der Waals surface area contributed by atoms with Crippen molar-refractivity contribution in [3.63, 3.8) is 0 Å². The zero-order chi connectivity index (χ0) is 14.5. The van der Waals surface area contributed by atoms with E-state index in [-0.39, 0.29) is 0 Å². The first-order valence-corrected chi connectivity index (χ1v) is 6.73. The number of nitrogens with zero attached hydrogens (tertiary/aromatic N) is 2. The fourth-order valence-corrected chi connectivity index (χ4v) is 2.19. The minimum atomic E-state index is 0.399. The quantitative estimate of drug-likeness (QED) is 0.615. The van der Waals surface area contributed by atoms with Gasteiger partial charge in [0, 0.05) is 18.9 Å². The van der Waals surface area contributed by atoms with Crippen LogP contribution in [0, 0.1) is 19.3 Å². The van der Waals surface area contributed by atoms with E-state index in [9.17, 15) is 0 Å². The minimum Gasteiger partial charge on any atom is -0.490 e. The van der Waals surface area contributed by atoms with Gasteiger partial charge in [-0.1, -0.05) is 28.4 Å². The van der Waals surface area contributed by atoms with Gasteiger partial charge in [-0.05, 0) is 18.6 Å². The lowest BCUT2D eigenvalue weighted by atomic mass is 10.2. The Kier molecular flexibility index (Phi) is 4.89. The van der Waals surface area contributed by atoms with Crippen molar-refractivity contribution in [1.82, 2.24) is 10.1 Å². The highest BCUT2D eigenvalue weighted by molar-refractivity contribution is 6.37. The third kappa shape index (κ3) is 3.44. The first kappa shape index (κ1) is 14.7. The van der Waals surface area contributed by atoms with Gasteiger partial charge in [0.15, 0.2) is 5.75 Å². The highest BCUT2D eigenvalue weighted by Crippen LogP contribution is 2.36. The zero-order valence-corrected chi connectivity index (χ0v) is 12.3. The van der Waals surface area contributed by atoms with Crippen molar-refractivity contribution in [1.29, 1.82) is 0 Å². The average Bonchev–Trinajstić information content (AvgIpc) is 2.83. The van der Waals surface area contributed by atoms with Crippen LogP contribution in [0.2, 0.25) is 10.0 Å². The molecule has 1 aromatic carbocycles. The first-order valence-electron chi connectivity index (χ1n) is 5.98. The average molecular weight is 311 g/mol. The Hall–Kier alpha value is -1.70. The van der Waals surface area contributed by atoms with E-state index in [0.29, 0.717) is 46.1 Å². The summed E-state index contributed by atoms with van der Waals surface area (Å²) in [7, 11) is 0. The van der Waals surface area contributed by atoms with E-state index in [1.165, 1.54) is 0 Å². The molecule has 2 rings (SSSR count). The second kappa shape index (κ2) is 6.65. The highest BCUT2D eigenvalue weighted by atomic mass is 35.5. The van der Waals surface area contributed by atoms with Crippen molar-refractivity contribution in [3.8, 4) is 29.5 Å². The Morgan fingerprint density at radius 2 is 2.05 bits per heavy atom.